The van der Waals surface area contributed by atoms with Gasteiger partial charge in [-0.2, -0.15) is 0 Å². The second kappa shape index (κ2) is 7.89. The molecule has 0 saturated heterocycles. The molecule has 0 bridgehead atoms. The molecule has 0 aromatic carbocycles. The van der Waals surface area contributed by atoms with Crippen LogP contribution in [0.25, 0.3) is 0 Å². The van der Waals surface area contributed by atoms with Gasteiger partial charge in [-0.15, -0.1) is 6.58 Å². The molecule has 1 atom stereocenters. The van der Waals surface area contributed by atoms with Crippen molar-refractivity contribution < 1.29 is 9.47 Å². The van der Waals surface area contributed by atoms with Crippen LogP contribution >= 0.6 is 0 Å². The highest BCUT2D eigenvalue weighted by molar-refractivity contribution is 4.87. The predicted molar refractivity (Wildman–Crippen MR) is 65.1 cm³/mol. The van der Waals surface area contributed by atoms with Gasteiger partial charge in [-0.25, -0.2) is 0 Å². The largest absolute Gasteiger partial charge is 0.384 e. The van der Waals surface area contributed by atoms with Crippen LogP contribution in [0.3, 0.4) is 0 Å². The minimum atomic E-state index is 0.112. The normalized spacial score (nSPS) is 13.9. The summed E-state index contributed by atoms with van der Waals surface area (Å²) in [6.45, 7) is 9.83. The van der Waals surface area contributed by atoms with Gasteiger partial charge in [0.2, 0.25) is 0 Å². The van der Waals surface area contributed by atoms with E-state index in [-0.39, 0.29) is 5.41 Å². The second-order valence-corrected chi connectivity index (χ2v) is 4.58. The van der Waals surface area contributed by atoms with Gasteiger partial charge in [0, 0.05) is 19.6 Å². The van der Waals surface area contributed by atoms with Gasteiger partial charge < -0.3 is 9.47 Å². The maximum absolute atomic E-state index is 5.33. The Labute approximate surface area is 94.7 Å². The van der Waals surface area contributed by atoms with Gasteiger partial charge in [0.15, 0.2) is 0 Å². The van der Waals surface area contributed by atoms with E-state index in [1.54, 1.807) is 14.2 Å². The van der Waals surface area contributed by atoms with Gasteiger partial charge in [0.05, 0.1) is 13.2 Å². The van der Waals surface area contributed by atoms with E-state index in [1.807, 2.05) is 6.08 Å². The standard InChI is InChI=1S/C13H26O2/c1-6-8-13(10-14-4,11-15-5)9-12(3)7-2/h6,12H,1,7-11H2,2-5H3. The molecule has 0 radical (unpaired) electrons. The molecule has 0 spiro atoms. The lowest BCUT2D eigenvalue weighted by Gasteiger charge is -2.33. The molecule has 0 fully saturated rings. The maximum atomic E-state index is 5.33. The minimum absolute atomic E-state index is 0.112. The first kappa shape index (κ1) is 14.7. The van der Waals surface area contributed by atoms with E-state index in [0.717, 1.165) is 26.1 Å². The van der Waals surface area contributed by atoms with Crippen LogP contribution in [0.4, 0.5) is 0 Å². The molecule has 2 heteroatoms. The topological polar surface area (TPSA) is 18.5 Å². The van der Waals surface area contributed by atoms with Gasteiger partial charge in [0.1, 0.15) is 0 Å². The lowest BCUT2D eigenvalue weighted by molar-refractivity contribution is -0.00300. The van der Waals surface area contributed by atoms with E-state index in [4.69, 9.17) is 9.47 Å². The van der Waals surface area contributed by atoms with Gasteiger partial charge in [-0.1, -0.05) is 26.3 Å². The Morgan fingerprint density at radius 1 is 1.27 bits per heavy atom. The summed E-state index contributed by atoms with van der Waals surface area (Å²) in [5.74, 6) is 0.704. The monoisotopic (exact) mass is 214 g/mol. The number of rotatable bonds is 9. The van der Waals surface area contributed by atoms with Crippen molar-refractivity contribution in [2.75, 3.05) is 27.4 Å². The van der Waals surface area contributed by atoms with E-state index in [9.17, 15) is 0 Å². The number of hydrogen-bond acceptors (Lipinski definition) is 2. The van der Waals surface area contributed by atoms with Crippen molar-refractivity contribution in [2.45, 2.75) is 33.1 Å². The molecule has 1 unspecified atom stereocenters. The Bertz CT molecular complexity index is 160. The molecule has 0 rings (SSSR count). The Morgan fingerprint density at radius 3 is 2.13 bits per heavy atom. The van der Waals surface area contributed by atoms with E-state index >= 15 is 0 Å². The Hall–Kier alpha value is -0.340. The Balaban J connectivity index is 4.51. The van der Waals surface area contributed by atoms with Gasteiger partial charge >= 0.3 is 0 Å². The Kier molecular flexibility index (Phi) is 7.71. The SMILES string of the molecule is C=CCC(COC)(COC)CC(C)CC. The summed E-state index contributed by atoms with van der Waals surface area (Å²) >= 11 is 0. The van der Waals surface area contributed by atoms with Crippen molar-refractivity contribution >= 4 is 0 Å². The number of methoxy groups -OCH3 is 2. The van der Waals surface area contributed by atoms with Crippen LogP contribution < -0.4 is 0 Å². The molecule has 0 N–H and O–H groups in total. The van der Waals surface area contributed by atoms with Crippen LogP contribution in [0.2, 0.25) is 0 Å². The summed E-state index contributed by atoms with van der Waals surface area (Å²) in [5.41, 5.74) is 0.112. The molecule has 0 aromatic rings. The van der Waals surface area contributed by atoms with Crippen molar-refractivity contribution in [3.63, 3.8) is 0 Å². The molecule has 0 aliphatic heterocycles. The summed E-state index contributed by atoms with van der Waals surface area (Å²) < 4.78 is 10.7. The molecule has 0 aromatic heterocycles. The third-order valence-corrected chi connectivity index (χ3v) is 2.96. The summed E-state index contributed by atoms with van der Waals surface area (Å²) in [4.78, 5) is 0. The van der Waals surface area contributed by atoms with Gasteiger partial charge in [-0.05, 0) is 18.8 Å². The maximum Gasteiger partial charge on any atom is 0.0543 e. The van der Waals surface area contributed by atoms with Crippen LogP contribution in [-0.4, -0.2) is 27.4 Å². The molecule has 0 heterocycles. The van der Waals surface area contributed by atoms with Crippen LogP contribution in [0.1, 0.15) is 33.1 Å². The highest BCUT2D eigenvalue weighted by atomic mass is 16.5. The molecule has 0 aliphatic rings. The van der Waals surface area contributed by atoms with Gasteiger partial charge in [-0.3, -0.25) is 0 Å². The zero-order valence-corrected chi connectivity index (χ0v) is 10.7. The van der Waals surface area contributed by atoms with Gasteiger partial charge in [0.25, 0.3) is 0 Å². The molecule has 0 amide bonds. The van der Waals surface area contributed by atoms with E-state index < -0.39 is 0 Å². The number of allylic oxidation sites excluding steroid dienone is 1. The fourth-order valence-electron chi connectivity index (χ4n) is 2.16. The summed E-state index contributed by atoms with van der Waals surface area (Å²) in [6.07, 6.45) is 5.27. The van der Waals surface area contributed by atoms with Crippen LogP contribution in [0.5, 0.6) is 0 Å². The van der Waals surface area contributed by atoms with Crippen molar-refractivity contribution in [3.8, 4) is 0 Å². The third kappa shape index (κ3) is 5.33. The molecule has 0 saturated carbocycles. The zero-order chi connectivity index (χ0) is 11.7. The highest BCUT2D eigenvalue weighted by Crippen LogP contribution is 2.32. The lowest BCUT2D eigenvalue weighted by Crippen LogP contribution is -2.33. The lowest BCUT2D eigenvalue weighted by atomic mass is 9.77. The first-order chi connectivity index (χ1) is 7.14. The molecular weight excluding hydrogens is 188 g/mol. The van der Waals surface area contributed by atoms with Crippen molar-refractivity contribution in [1.29, 1.82) is 0 Å². The fraction of sp³-hybridized carbons (Fsp3) is 0.846. The van der Waals surface area contributed by atoms with E-state index in [0.29, 0.717) is 5.92 Å². The molecule has 0 aliphatic carbocycles. The summed E-state index contributed by atoms with van der Waals surface area (Å²) in [5, 5.41) is 0. The zero-order valence-electron chi connectivity index (χ0n) is 10.7. The molecular formula is C13H26O2. The molecule has 15 heavy (non-hydrogen) atoms. The average Bonchev–Trinajstić information content (AvgIpc) is 2.18. The van der Waals surface area contributed by atoms with E-state index in [1.165, 1.54) is 6.42 Å². The smallest absolute Gasteiger partial charge is 0.0543 e. The first-order valence-corrected chi connectivity index (χ1v) is 5.73. The van der Waals surface area contributed by atoms with Crippen molar-refractivity contribution in [1.82, 2.24) is 0 Å². The minimum Gasteiger partial charge on any atom is -0.384 e. The summed E-state index contributed by atoms with van der Waals surface area (Å²) in [6, 6.07) is 0. The summed E-state index contributed by atoms with van der Waals surface area (Å²) in [7, 11) is 3.51. The highest BCUT2D eigenvalue weighted by Gasteiger charge is 2.30. The van der Waals surface area contributed by atoms with E-state index in [2.05, 4.69) is 20.4 Å². The average molecular weight is 214 g/mol. The quantitative estimate of drug-likeness (QED) is 0.548. The van der Waals surface area contributed by atoms with Crippen molar-refractivity contribution in [3.05, 3.63) is 12.7 Å². The second-order valence-electron chi connectivity index (χ2n) is 4.58. The van der Waals surface area contributed by atoms with Crippen LogP contribution in [0, 0.1) is 11.3 Å². The number of ether oxygens (including phenoxy) is 2. The Morgan fingerprint density at radius 2 is 1.80 bits per heavy atom. The predicted octanol–water partition coefficient (Wildman–Crippen LogP) is 3.28. The molecule has 2 nitrogen and oxygen atoms in total. The van der Waals surface area contributed by atoms with Crippen LogP contribution in [-0.2, 0) is 9.47 Å². The number of hydrogen-bond donors (Lipinski definition) is 0. The van der Waals surface area contributed by atoms with Crippen LogP contribution in [0.15, 0.2) is 12.7 Å². The molecule has 90 valence electrons. The van der Waals surface area contributed by atoms with Crippen molar-refractivity contribution in [2.24, 2.45) is 11.3 Å². The fourth-order valence-corrected chi connectivity index (χ4v) is 2.16. The first-order valence-electron chi connectivity index (χ1n) is 5.73. The third-order valence-electron chi connectivity index (χ3n) is 2.96.